The molecule has 1 aromatic rings. The van der Waals surface area contributed by atoms with E-state index in [0.717, 1.165) is 18.3 Å². The molecule has 6 rings (SSSR count). The van der Waals surface area contributed by atoms with Crippen LogP contribution < -0.4 is 10.6 Å². The summed E-state index contributed by atoms with van der Waals surface area (Å²) in [5.74, 6) is -0.790. The van der Waals surface area contributed by atoms with E-state index in [1.807, 2.05) is 40.0 Å². The molecule has 2 N–H and O–H groups in total. The lowest BCUT2D eigenvalue weighted by atomic mass is 9.59. The minimum absolute atomic E-state index is 0.130. The fourth-order valence-electron chi connectivity index (χ4n) is 8.76. The molecule has 9 nitrogen and oxygen atoms in total. The van der Waals surface area contributed by atoms with Gasteiger partial charge in [-0.3, -0.25) is 19.3 Å². The number of amides is 1. The van der Waals surface area contributed by atoms with E-state index in [4.69, 9.17) is 9.47 Å². The van der Waals surface area contributed by atoms with Crippen LogP contribution in [0.2, 0.25) is 0 Å². The van der Waals surface area contributed by atoms with Crippen LogP contribution in [0, 0.1) is 11.3 Å². The molecule has 9 heteroatoms. The first kappa shape index (κ1) is 26.6. The van der Waals surface area contributed by atoms with Gasteiger partial charge in [0, 0.05) is 48.5 Å². The van der Waals surface area contributed by atoms with Gasteiger partial charge in [-0.1, -0.05) is 19.1 Å². The highest BCUT2D eigenvalue weighted by molar-refractivity contribution is 6.16. The van der Waals surface area contributed by atoms with E-state index in [2.05, 4.69) is 22.5 Å². The van der Waals surface area contributed by atoms with Gasteiger partial charge in [-0.2, -0.15) is 0 Å². The van der Waals surface area contributed by atoms with Crippen molar-refractivity contribution in [3.8, 4) is 0 Å². The number of esters is 1. The number of para-hydroxylation sites is 1. The lowest BCUT2D eigenvalue weighted by Gasteiger charge is -2.55. The fraction of sp³-hybridized carbons (Fsp3) is 0.667. The number of anilines is 1. The van der Waals surface area contributed by atoms with E-state index in [0.29, 0.717) is 37.1 Å². The molecule has 4 aliphatic heterocycles. The molecule has 1 saturated carbocycles. The summed E-state index contributed by atoms with van der Waals surface area (Å²) in [6.07, 6.45) is 2.89. The third-order valence-electron chi connectivity index (χ3n) is 10.8. The highest BCUT2D eigenvalue weighted by Gasteiger charge is 2.74. The molecule has 1 spiro atoms. The first-order chi connectivity index (χ1) is 18.3. The van der Waals surface area contributed by atoms with Gasteiger partial charge in [0.15, 0.2) is 5.78 Å². The molecule has 0 radical (unpaired) electrons. The van der Waals surface area contributed by atoms with Gasteiger partial charge in [0.1, 0.15) is 18.5 Å². The second-order valence-corrected chi connectivity index (χ2v) is 13.2. The monoisotopic (exact) mass is 537 g/mol. The van der Waals surface area contributed by atoms with E-state index in [-0.39, 0.29) is 41.8 Å². The van der Waals surface area contributed by atoms with Crippen LogP contribution in [0.3, 0.4) is 0 Å². The van der Waals surface area contributed by atoms with Crippen LogP contribution in [0.5, 0.6) is 0 Å². The van der Waals surface area contributed by atoms with Gasteiger partial charge in [-0.05, 0) is 64.6 Å². The number of ether oxygens (including phenoxy) is 2. The van der Waals surface area contributed by atoms with Crippen LogP contribution in [0.1, 0.15) is 76.2 Å². The second-order valence-electron chi connectivity index (χ2n) is 13.2. The summed E-state index contributed by atoms with van der Waals surface area (Å²) in [4.78, 5) is 55.0. The maximum Gasteiger partial charge on any atom is 0.302 e. The minimum atomic E-state index is -1.12. The molecule has 1 aromatic carbocycles. The molecule has 1 aliphatic carbocycles. The van der Waals surface area contributed by atoms with Gasteiger partial charge in [0.25, 0.3) is 0 Å². The number of piperidine rings is 2. The lowest BCUT2D eigenvalue weighted by Crippen LogP contribution is -2.67. The van der Waals surface area contributed by atoms with Crippen molar-refractivity contribution < 1.29 is 28.7 Å². The molecule has 3 saturated heterocycles. The Balaban J connectivity index is 1.43. The summed E-state index contributed by atoms with van der Waals surface area (Å²) >= 11 is 0. The molecule has 4 fully saturated rings. The number of carbonyl (C=O) groups excluding carboxylic acids is 4. The predicted molar refractivity (Wildman–Crippen MR) is 143 cm³/mol. The second kappa shape index (κ2) is 8.44. The van der Waals surface area contributed by atoms with Crippen LogP contribution in [0.15, 0.2) is 18.2 Å². The van der Waals surface area contributed by atoms with E-state index >= 15 is 0 Å². The predicted octanol–water partition coefficient (Wildman–Crippen LogP) is 2.61. The zero-order valence-corrected chi connectivity index (χ0v) is 23.6. The van der Waals surface area contributed by atoms with Crippen LogP contribution in [0.25, 0.3) is 0 Å². The van der Waals surface area contributed by atoms with E-state index in [1.54, 1.807) is 6.07 Å². The van der Waals surface area contributed by atoms with Gasteiger partial charge in [-0.25, -0.2) is 0 Å². The third-order valence-corrected chi connectivity index (χ3v) is 10.8. The summed E-state index contributed by atoms with van der Waals surface area (Å²) < 4.78 is 11.3. The zero-order valence-electron chi connectivity index (χ0n) is 23.6. The van der Waals surface area contributed by atoms with Gasteiger partial charge in [-0.15, -0.1) is 0 Å². The first-order valence-electron chi connectivity index (χ1n) is 14.1. The number of nitrogens with zero attached hydrogens (tertiary/aromatic N) is 1. The Morgan fingerprint density at radius 2 is 1.92 bits per heavy atom. The molecular formula is C30H39N3O6. The Kier molecular flexibility index (Phi) is 5.76. The molecule has 0 aromatic heterocycles. The molecular weight excluding hydrogens is 498 g/mol. The molecule has 8 unspecified atom stereocenters. The summed E-state index contributed by atoms with van der Waals surface area (Å²) in [5, 5.41) is 6.65. The van der Waals surface area contributed by atoms with Gasteiger partial charge >= 0.3 is 5.97 Å². The van der Waals surface area contributed by atoms with Gasteiger partial charge in [0.05, 0.1) is 16.7 Å². The van der Waals surface area contributed by atoms with Crippen LogP contribution in [-0.4, -0.2) is 77.9 Å². The van der Waals surface area contributed by atoms with Crippen molar-refractivity contribution in [1.82, 2.24) is 10.2 Å². The maximum absolute atomic E-state index is 14.2. The number of epoxide rings is 1. The highest BCUT2D eigenvalue weighted by atomic mass is 16.6. The van der Waals surface area contributed by atoms with Crippen molar-refractivity contribution in [1.29, 1.82) is 0 Å². The van der Waals surface area contributed by atoms with Crippen molar-refractivity contribution in [2.24, 2.45) is 11.3 Å². The minimum Gasteiger partial charge on any atom is -0.462 e. The molecule has 39 heavy (non-hydrogen) atoms. The molecule has 5 aliphatic rings. The molecule has 8 atom stereocenters. The topological polar surface area (TPSA) is 117 Å². The Morgan fingerprint density at radius 1 is 1.21 bits per heavy atom. The standard InChI is InChI=1S/C30H39N3O6/c1-16-10-19(38-17(2)35)11-18-12-22-28(5,15-34)30(13-29(22,31-6)14-33(16)18)21-9-7-8-20(23(21)32-26(30)37)24(36)25-27(3,4)39-25/h7-9,15-16,18-19,22,25,31H,10-14H2,1-6H3,(H,32,37). The van der Waals surface area contributed by atoms with Crippen molar-refractivity contribution in [3.05, 3.63) is 29.3 Å². The number of rotatable bonds is 5. The summed E-state index contributed by atoms with van der Waals surface area (Å²) in [7, 11) is 1.92. The summed E-state index contributed by atoms with van der Waals surface area (Å²) in [6.45, 7) is 9.96. The summed E-state index contributed by atoms with van der Waals surface area (Å²) in [5.41, 5.74) is -1.49. The van der Waals surface area contributed by atoms with E-state index in [9.17, 15) is 19.2 Å². The third kappa shape index (κ3) is 3.48. The SMILES string of the molecule is CNC12CN3C(C)CC(OC(C)=O)CC3CC1C(C)(C=O)C1(C2)C(=O)Nc2c(C(=O)C3OC3(C)C)cccc21. The number of benzene rings is 1. The lowest BCUT2D eigenvalue weighted by molar-refractivity contribution is -0.153. The zero-order chi connectivity index (χ0) is 28.1. The number of fused-ring (bicyclic) bond motifs is 4. The number of hydrogen-bond donors (Lipinski definition) is 2. The van der Waals surface area contributed by atoms with Crippen molar-refractivity contribution in [2.75, 3.05) is 18.9 Å². The van der Waals surface area contributed by atoms with Crippen molar-refractivity contribution in [3.63, 3.8) is 0 Å². The number of hydrogen-bond acceptors (Lipinski definition) is 8. The highest BCUT2D eigenvalue weighted by Crippen LogP contribution is 2.67. The Morgan fingerprint density at radius 3 is 2.54 bits per heavy atom. The smallest absolute Gasteiger partial charge is 0.302 e. The number of carbonyl (C=O) groups is 4. The molecule has 4 heterocycles. The summed E-state index contributed by atoms with van der Waals surface area (Å²) in [6, 6.07) is 5.78. The average molecular weight is 538 g/mol. The number of likely N-dealkylation sites (N-methyl/N-ethyl adjacent to an activating group) is 1. The van der Waals surface area contributed by atoms with Crippen molar-refractivity contribution >= 4 is 29.6 Å². The Hall–Kier alpha value is -2.62. The number of ketones is 1. The molecule has 1 amide bonds. The van der Waals surface area contributed by atoms with Crippen LogP contribution in [-0.2, 0) is 29.3 Å². The van der Waals surface area contributed by atoms with Gasteiger partial charge < -0.3 is 24.9 Å². The normalized spacial score (nSPS) is 41.8. The molecule has 210 valence electrons. The number of Topliss-reactive ketones (excluding diaryl/α,β-unsaturated/α-hetero) is 1. The van der Waals surface area contributed by atoms with E-state index < -0.39 is 28.1 Å². The first-order valence-corrected chi connectivity index (χ1v) is 14.1. The largest absolute Gasteiger partial charge is 0.462 e. The Labute approximate surface area is 229 Å². The quantitative estimate of drug-likeness (QED) is 0.255. The molecule has 0 bridgehead atoms. The van der Waals surface area contributed by atoms with Crippen LogP contribution in [0.4, 0.5) is 5.69 Å². The maximum atomic E-state index is 14.2. The van der Waals surface area contributed by atoms with E-state index in [1.165, 1.54) is 6.92 Å². The fourth-order valence-corrected chi connectivity index (χ4v) is 8.76. The van der Waals surface area contributed by atoms with Crippen LogP contribution >= 0.6 is 0 Å². The van der Waals surface area contributed by atoms with Gasteiger partial charge in [0.2, 0.25) is 5.91 Å². The average Bonchev–Trinajstić information content (AvgIpc) is 3.33. The van der Waals surface area contributed by atoms with Crippen molar-refractivity contribution in [2.45, 2.75) is 101 Å². The number of nitrogens with one attached hydrogen (secondary N) is 2. The number of aldehydes is 1. The Bertz CT molecular complexity index is 1280.